The van der Waals surface area contributed by atoms with Crippen molar-refractivity contribution in [3.63, 3.8) is 0 Å². The first-order valence-corrected chi connectivity index (χ1v) is 8.17. The standard InChI is InChI=1S/C23H16O2/c24-20-16-21(17-10-4-1-5-11-17)25-23(19-14-8-3-9-15-19)22(20)18-12-6-2-7-13-18/h1-16H. The first kappa shape index (κ1) is 15.2. The van der Waals surface area contributed by atoms with Crippen LogP contribution in [0.5, 0.6) is 0 Å². The maximum Gasteiger partial charge on any atom is 0.193 e. The average Bonchev–Trinajstić information content (AvgIpc) is 2.69. The summed E-state index contributed by atoms with van der Waals surface area (Å²) in [6.07, 6.45) is 0. The van der Waals surface area contributed by atoms with Gasteiger partial charge in [0.1, 0.15) is 11.5 Å². The Bertz CT molecular complexity index is 1030. The molecule has 0 saturated carbocycles. The summed E-state index contributed by atoms with van der Waals surface area (Å²) >= 11 is 0. The van der Waals surface area contributed by atoms with Gasteiger partial charge >= 0.3 is 0 Å². The largest absolute Gasteiger partial charge is 0.455 e. The molecule has 0 aliphatic rings. The van der Waals surface area contributed by atoms with Crippen molar-refractivity contribution >= 4 is 0 Å². The number of hydrogen-bond acceptors (Lipinski definition) is 2. The van der Waals surface area contributed by atoms with Gasteiger partial charge in [0, 0.05) is 17.2 Å². The Morgan fingerprint density at radius 3 is 1.60 bits per heavy atom. The Balaban J connectivity index is 2.01. The number of hydrogen-bond donors (Lipinski definition) is 0. The molecule has 1 aromatic heterocycles. The van der Waals surface area contributed by atoms with Crippen LogP contribution in [0.25, 0.3) is 33.8 Å². The van der Waals surface area contributed by atoms with E-state index < -0.39 is 0 Å². The van der Waals surface area contributed by atoms with Crippen LogP contribution in [0, 0.1) is 0 Å². The zero-order valence-corrected chi connectivity index (χ0v) is 13.6. The van der Waals surface area contributed by atoms with Gasteiger partial charge in [-0.05, 0) is 5.56 Å². The van der Waals surface area contributed by atoms with Crippen LogP contribution in [0.2, 0.25) is 0 Å². The fraction of sp³-hybridized carbons (Fsp3) is 0. The molecule has 4 rings (SSSR count). The topological polar surface area (TPSA) is 30.2 Å². The molecule has 0 aliphatic heterocycles. The lowest BCUT2D eigenvalue weighted by molar-refractivity contribution is 0.582. The van der Waals surface area contributed by atoms with Crippen molar-refractivity contribution in [3.05, 3.63) is 107 Å². The van der Waals surface area contributed by atoms with Gasteiger partial charge in [0.15, 0.2) is 5.43 Å². The van der Waals surface area contributed by atoms with Crippen molar-refractivity contribution in [2.24, 2.45) is 0 Å². The van der Waals surface area contributed by atoms with Gasteiger partial charge in [-0.1, -0.05) is 91.0 Å². The molecular weight excluding hydrogens is 308 g/mol. The highest BCUT2D eigenvalue weighted by Crippen LogP contribution is 2.32. The molecule has 0 amide bonds. The smallest absolute Gasteiger partial charge is 0.193 e. The van der Waals surface area contributed by atoms with Crippen LogP contribution < -0.4 is 5.43 Å². The second-order valence-electron chi connectivity index (χ2n) is 5.78. The molecule has 0 N–H and O–H groups in total. The molecular formula is C23H16O2. The van der Waals surface area contributed by atoms with E-state index in [2.05, 4.69) is 0 Å². The maximum absolute atomic E-state index is 12.9. The second kappa shape index (κ2) is 6.62. The van der Waals surface area contributed by atoms with Crippen LogP contribution in [-0.4, -0.2) is 0 Å². The van der Waals surface area contributed by atoms with Gasteiger partial charge in [-0.25, -0.2) is 0 Å². The van der Waals surface area contributed by atoms with Crippen molar-refractivity contribution in [3.8, 4) is 33.8 Å². The van der Waals surface area contributed by atoms with E-state index >= 15 is 0 Å². The molecule has 1 heterocycles. The molecule has 0 saturated heterocycles. The summed E-state index contributed by atoms with van der Waals surface area (Å²) in [5.74, 6) is 1.17. The third-order valence-electron chi connectivity index (χ3n) is 4.10. The predicted octanol–water partition coefficient (Wildman–Crippen LogP) is 5.64. The molecule has 0 spiro atoms. The second-order valence-corrected chi connectivity index (χ2v) is 5.78. The van der Waals surface area contributed by atoms with E-state index in [4.69, 9.17) is 4.42 Å². The predicted molar refractivity (Wildman–Crippen MR) is 101 cm³/mol. The number of rotatable bonds is 3. The van der Waals surface area contributed by atoms with Crippen molar-refractivity contribution in [2.45, 2.75) is 0 Å². The monoisotopic (exact) mass is 324 g/mol. The van der Waals surface area contributed by atoms with Gasteiger partial charge < -0.3 is 4.42 Å². The lowest BCUT2D eigenvalue weighted by atomic mass is 9.99. The van der Waals surface area contributed by atoms with Crippen LogP contribution in [-0.2, 0) is 0 Å². The lowest BCUT2D eigenvalue weighted by Crippen LogP contribution is -2.06. The summed E-state index contributed by atoms with van der Waals surface area (Å²) in [5, 5.41) is 0. The molecule has 0 fully saturated rings. The minimum atomic E-state index is -0.0462. The lowest BCUT2D eigenvalue weighted by Gasteiger charge is -2.11. The highest BCUT2D eigenvalue weighted by molar-refractivity contribution is 5.80. The summed E-state index contributed by atoms with van der Waals surface area (Å²) in [7, 11) is 0. The van der Waals surface area contributed by atoms with E-state index in [0.717, 1.165) is 16.7 Å². The van der Waals surface area contributed by atoms with Gasteiger partial charge in [0.25, 0.3) is 0 Å². The summed E-state index contributed by atoms with van der Waals surface area (Å²) in [6.45, 7) is 0. The van der Waals surface area contributed by atoms with E-state index in [9.17, 15) is 4.79 Å². The van der Waals surface area contributed by atoms with E-state index in [1.807, 2.05) is 91.0 Å². The van der Waals surface area contributed by atoms with E-state index in [0.29, 0.717) is 17.1 Å². The van der Waals surface area contributed by atoms with Crippen LogP contribution in [0.1, 0.15) is 0 Å². The van der Waals surface area contributed by atoms with Gasteiger partial charge in [-0.3, -0.25) is 4.79 Å². The fourth-order valence-corrected chi connectivity index (χ4v) is 2.91. The Kier molecular flexibility index (Phi) is 4.01. The number of benzene rings is 3. The van der Waals surface area contributed by atoms with Crippen LogP contribution in [0.4, 0.5) is 0 Å². The van der Waals surface area contributed by atoms with Crippen molar-refractivity contribution in [1.82, 2.24) is 0 Å². The SMILES string of the molecule is O=c1cc(-c2ccccc2)oc(-c2ccccc2)c1-c1ccccc1. The average molecular weight is 324 g/mol. The van der Waals surface area contributed by atoms with Crippen molar-refractivity contribution in [1.29, 1.82) is 0 Å². The molecule has 0 unspecified atom stereocenters. The molecule has 2 heteroatoms. The molecule has 0 atom stereocenters. The summed E-state index contributed by atoms with van der Waals surface area (Å²) in [4.78, 5) is 12.9. The quantitative estimate of drug-likeness (QED) is 0.488. The first-order valence-electron chi connectivity index (χ1n) is 8.17. The molecule has 120 valence electrons. The van der Waals surface area contributed by atoms with Crippen molar-refractivity contribution < 1.29 is 4.42 Å². The molecule has 25 heavy (non-hydrogen) atoms. The molecule has 2 nitrogen and oxygen atoms in total. The Morgan fingerprint density at radius 1 is 0.560 bits per heavy atom. The van der Waals surface area contributed by atoms with Crippen LogP contribution >= 0.6 is 0 Å². The zero-order chi connectivity index (χ0) is 17.1. The maximum atomic E-state index is 12.9. The van der Waals surface area contributed by atoms with Crippen LogP contribution in [0.15, 0.2) is 106 Å². The zero-order valence-electron chi connectivity index (χ0n) is 13.6. The Hall–Kier alpha value is -3.39. The van der Waals surface area contributed by atoms with Gasteiger partial charge in [0.05, 0.1) is 5.56 Å². The van der Waals surface area contributed by atoms with Gasteiger partial charge in [-0.2, -0.15) is 0 Å². The van der Waals surface area contributed by atoms with Gasteiger partial charge in [0.2, 0.25) is 0 Å². The van der Waals surface area contributed by atoms with E-state index in [1.165, 1.54) is 0 Å². The Labute approximate surface area is 146 Å². The molecule has 4 aromatic rings. The highest BCUT2D eigenvalue weighted by atomic mass is 16.3. The minimum absolute atomic E-state index is 0.0462. The third kappa shape index (κ3) is 3.02. The molecule has 3 aromatic carbocycles. The fourth-order valence-electron chi connectivity index (χ4n) is 2.91. The summed E-state index contributed by atoms with van der Waals surface area (Å²) in [6, 6.07) is 30.7. The van der Waals surface area contributed by atoms with Gasteiger partial charge in [-0.15, -0.1) is 0 Å². The summed E-state index contributed by atoms with van der Waals surface area (Å²) < 4.78 is 6.22. The minimum Gasteiger partial charge on any atom is -0.455 e. The van der Waals surface area contributed by atoms with Crippen LogP contribution in [0.3, 0.4) is 0 Å². The van der Waals surface area contributed by atoms with Crippen molar-refractivity contribution in [2.75, 3.05) is 0 Å². The first-order chi connectivity index (χ1) is 12.3. The third-order valence-corrected chi connectivity index (χ3v) is 4.10. The summed E-state index contributed by atoms with van der Waals surface area (Å²) in [5.41, 5.74) is 3.17. The molecule has 0 bridgehead atoms. The molecule has 0 aliphatic carbocycles. The highest BCUT2D eigenvalue weighted by Gasteiger charge is 2.16. The molecule has 0 radical (unpaired) electrons. The Morgan fingerprint density at radius 2 is 1.04 bits per heavy atom. The van der Waals surface area contributed by atoms with E-state index in [-0.39, 0.29) is 5.43 Å². The van der Waals surface area contributed by atoms with E-state index in [1.54, 1.807) is 6.07 Å². The normalized spacial score (nSPS) is 10.6.